The van der Waals surface area contributed by atoms with Gasteiger partial charge in [0.2, 0.25) is 0 Å². The molecule has 1 aliphatic heterocycles. The summed E-state index contributed by atoms with van der Waals surface area (Å²) in [6.07, 6.45) is 25.4. The normalized spacial score (nSPS) is 19.1. The first-order valence-corrected chi connectivity index (χ1v) is 12.3. The van der Waals surface area contributed by atoms with Crippen molar-refractivity contribution < 1.29 is 9.47 Å². The first kappa shape index (κ1) is 28.2. The van der Waals surface area contributed by atoms with Crippen LogP contribution in [0.25, 0.3) is 0 Å². The molecule has 0 aromatic carbocycles. The van der Waals surface area contributed by atoms with E-state index < -0.39 is 0 Å². The van der Waals surface area contributed by atoms with Crippen molar-refractivity contribution in [2.75, 3.05) is 19.8 Å². The molecule has 0 aliphatic carbocycles. The number of halogens is 1. The van der Waals surface area contributed by atoms with Gasteiger partial charge in [0.15, 0.2) is 0 Å². The van der Waals surface area contributed by atoms with Gasteiger partial charge in [-0.25, -0.2) is 0 Å². The van der Waals surface area contributed by atoms with Crippen molar-refractivity contribution in [1.82, 2.24) is 0 Å². The third-order valence-electron chi connectivity index (χ3n) is 5.90. The predicted molar refractivity (Wildman–Crippen MR) is 125 cm³/mol. The standard InChI is InChI=1S/C24H49NO2.ClH/c1-2-3-4-5-6-7-8-9-10-11-12-13-14-15-16-17-20-26-22-24-19-18-23(21-25)27-24;/h23-24H,2-22,25H2,1H3;1H/t23-,24-;/m0./s1. The monoisotopic (exact) mass is 419 g/mol. The van der Waals surface area contributed by atoms with Gasteiger partial charge in [0.05, 0.1) is 18.8 Å². The molecule has 0 saturated carbocycles. The lowest BCUT2D eigenvalue weighted by Gasteiger charge is -2.12. The largest absolute Gasteiger partial charge is 0.379 e. The molecule has 3 nitrogen and oxygen atoms in total. The zero-order chi connectivity index (χ0) is 19.4. The van der Waals surface area contributed by atoms with Gasteiger partial charge >= 0.3 is 0 Å². The average Bonchev–Trinajstić information content (AvgIpc) is 3.15. The molecule has 170 valence electrons. The van der Waals surface area contributed by atoms with Crippen LogP contribution in [0.15, 0.2) is 0 Å². The van der Waals surface area contributed by atoms with E-state index in [1.165, 1.54) is 103 Å². The molecule has 1 fully saturated rings. The summed E-state index contributed by atoms with van der Waals surface area (Å²) in [5, 5.41) is 0. The summed E-state index contributed by atoms with van der Waals surface area (Å²) < 4.78 is 11.6. The Morgan fingerprint density at radius 3 is 1.54 bits per heavy atom. The van der Waals surface area contributed by atoms with Gasteiger partial charge in [0.25, 0.3) is 0 Å². The van der Waals surface area contributed by atoms with E-state index in [0.717, 1.165) is 26.1 Å². The highest BCUT2D eigenvalue weighted by atomic mass is 35.5. The minimum Gasteiger partial charge on any atom is -0.379 e. The van der Waals surface area contributed by atoms with E-state index in [1.54, 1.807) is 0 Å². The molecule has 4 heteroatoms. The Balaban J connectivity index is 0.00000729. The van der Waals surface area contributed by atoms with Crippen molar-refractivity contribution in [3.05, 3.63) is 0 Å². The molecule has 0 radical (unpaired) electrons. The van der Waals surface area contributed by atoms with Gasteiger partial charge in [-0.2, -0.15) is 0 Å². The van der Waals surface area contributed by atoms with Crippen LogP contribution in [0.4, 0.5) is 0 Å². The second kappa shape index (κ2) is 21.9. The lowest BCUT2D eigenvalue weighted by atomic mass is 10.0. The second-order valence-electron chi connectivity index (χ2n) is 8.57. The van der Waals surface area contributed by atoms with Crippen LogP contribution in [-0.4, -0.2) is 32.0 Å². The third kappa shape index (κ3) is 17.1. The van der Waals surface area contributed by atoms with Crippen molar-refractivity contribution in [3.63, 3.8) is 0 Å². The lowest BCUT2D eigenvalue weighted by molar-refractivity contribution is -0.0126. The second-order valence-corrected chi connectivity index (χ2v) is 8.57. The molecular weight excluding hydrogens is 370 g/mol. The van der Waals surface area contributed by atoms with Gasteiger partial charge in [-0.05, 0) is 19.3 Å². The quantitative estimate of drug-likeness (QED) is 0.212. The van der Waals surface area contributed by atoms with E-state index in [4.69, 9.17) is 15.2 Å². The summed E-state index contributed by atoms with van der Waals surface area (Å²) in [4.78, 5) is 0. The van der Waals surface area contributed by atoms with Crippen LogP contribution < -0.4 is 5.73 Å². The maximum Gasteiger partial charge on any atom is 0.0813 e. The molecule has 0 spiro atoms. The van der Waals surface area contributed by atoms with Crippen LogP contribution in [0.3, 0.4) is 0 Å². The number of hydrogen-bond acceptors (Lipinski definition) is 3. The van der Waals surface area contributed by atoms with Crippen molar-refractivity contribution >= 4 is 12.4 Å². The molecule has 1 aliphatic rings. The molecule has 0 bridgehead atoms. The molecule has 1 heterocycles. The zero-order valence-corrected chi connectivity index (χ0v) is 19.6. The highest BCUT2D eigenvalue weighted by Crippen LogP contribution is 2.19. The fourth-order valence-electron chi connectivity index (χ4n) is 4.04. The van der Waals surface area contributed by atoms with Crippen molar-refractivity contribution in [2.45, 2.75) is 135 Å². The molecule has 0 unspecified atom stereocenters. The molecule has 1 rings (SSSR count). The highest BCUT2D eigenvalue weighted by Gasteiger charge is 2.23. The average molecular weight is 420 g/mol. The van der Waals surface area contributed by atoms with Gasteiger partial charge < -0.3 is 15.2 Å². The lowest BCUT2D eigenvalue weighted by Crippen LogP contribution is -2.22. The van der Waals surface area contributed by atoms with Crippen LogP contribution in [0.1, 0.15) is 122 Å². The highest BCUT2D eigenvalue weighted by molar-refractivity contribution is 5.85. The summed E-state index contributed by atoms with van der Waals surface area (Å²) in [6.45, 7) is 4.59. The number of rotatable bonds is 20. The Hall–Kier alpha value is 0.170. The van der Waals surface area contributed by atoms with Gasteiger partial charge in [-0.3, -0.25) is 0 Å². The van der Waals surface area contributed by atoms with E-state index in [1.807, 2.05) is 0 Å². The van der Waals surface area contributed by atoms with Crippen LogP contribution in [0, 0.1) is 0 Å². The van der Waals surface area contributed by atoms with E-state index in [9.17, 15) is 0 Å². The maximum absolute atomic E-state index is 5.79. The Kier molecular flexibility index (Phi) is 22.0. The third-order valence-corrected chi connectivity index (χ3v) is 5.90. The molecule has 2 atom stereocenters. The van der Waals surface area contributed by atoms with Crippen LogP contribution in [-0.2, 0) is 9.47 Å². The first-order valence-electron chi connectivity index (χ1n) is 12.3. The SMILES string of the molecule is CCCCCCCCCCCCCCCCCCOC[C@@H]1CC[C@@H](CN)O1.Cl. The summed E-state index contributed by atoms with van der Waals surface area (Å²) in [7, 11) is 0. The molecule has 2 N–H and O–H groups in total. The summed E-state index contributed by atoms with van der Waals surface area (Å²) in [5.74, 6) is 0. The fraction of sp³-hybridized carbons (Fsp3) is 1.00. The molecule has 0 amide bonds. The Bertz CT molecular complexity index is 304. The Morgan fingerprint density at radius 2 is 1.11 bits per heavy atom. The van der Waals surface area contributed by atoms with Crippen LogP contribution in [0.2, 0.25) is 0 Å². The predicted octanol–water partition coefficient (Wildman–Crippen LogP) is 7.19. The molecule has 0 aromatic heterocycles. The fourth-order valence-corrected chi connectivity index (χ4v) is 4.04. The topological polar surface area (TPSA) is 44.5 Å². The van der Waals surface area contributed by atoms with Gasteiger partial charge in [0.1, 0.15) is 0 Å². The van der Waals surface area contributed by atoms with Crippen molar-refractivity contribution in [1.29, 1.82) is 0 Å². The van der Waals surface area contributed by atoms with E-state index >= 15 is 0 Å². The number of hydrogen-bond donors (Lipinski definition) is 1. The van der Waals surface area contributed by atoms with E-state index in [0.29, 0.717) is 12.6 Å². The first-order chi connectivity index (χ1) is 13.4. The van der Waals surface area contributed by atoms with Crippen molar-refractivity contribution in [3.8, 4) is 0 Å². The Labute approximate surface area is 182 Å². The van der Waals surface area contributed by atoms with Gasteiger partial charge in [-0.1, -0.05) is 103 Å². The Morgan fingerprint density at radius 1 is 0.679 bits per heavy atom. The summed E-state index contributed by atoms with van der Waals surface area (Å²) >= 11 is 0. The maximum atomic E-state index is 5.79. The molecular formula is C24H50ClNO2. The summed E-state index contributed by atoms with van der Waals surface area (Å²) in [5.41, 5.74) is 5.63. The smallest absolute Gasteiger partial charge is 0.0813 e. The number of nitrogens with two attached hydrogens (primary N) is 1. The summed E-state index contributed by atoms with van der Waals surface area (Å²) in [6, 6.07) is 0. The minimum absolute atomic E-state index is 0. The van der Waals surface area contributed by atoms with Crippen LogP contribution >= 0.6 is 12.4 Å². The zero-order valence-electron chi connectivity index (χ0n) is 18.8. The molecule has 0 aromatic rings. The number of ether oxygens (including phenoxy) is 2. The van der Waals surface area contributed by atoms with E-state index in [2.05, 4.69) is 6.92 Å². The van der Waals surface area contributed by atoms with E-state index in [-0.39, 0.29) is 18.5 Å². The minimum atomic E-state index is 0. The molecule has 1 saturated heterocycles. The molecule has 28 heavy (non-hydrogen) atoms. The van der Waals surface area contributed by atoms with Gasteiger partial charge in [0, 0.05) is 13.2 Å². The number of unbranched alkanes of at least 4 members (excludes halogenated alkanes) is 15. The van der Waals surface area contributed by atoms with Gasteiger partial charge in [-0.15, -0.1) is 12.4 Å². The van der Waals surface area contributed by atoms with Crippen molar-refractivity contribution in [2.24, 2.45) is 5.73 Å². The van der Waals surface area contributed by atoms with Crippen LogP contribution in [0.5, 0.6) is 0 Å².